The van der Waals surface area contributed by atoms with E-state index in [0.29, 0.717) is 0 Å². The molecule has 0 aliphatic carbocycles. The molecule has 0 bridgehead atoms. The van der Waals surface area contributed by atoms with Crippen LogP contribution in [0.3, 0.4) is 0 Å². The van der Waals surface area contributed by atoms with Gasteiger partial charge in [-0.3, -0.25) is 0 Å². The van der Waals surface area contributed by atoms with Crippen molar-refractivity contribution in [2.75, 3.05) is 12.4 Å². The number of esters is 1. The van der Waals surface area contributed by atoms with Gasteiger partial charge in [-0.15, -0.1) is 11.6 Å². The van der Waals surface area contributed by atoms with Crippen molar-refractivity contribution in [1.82, 2.24) is 9.55 Å². The first-order valence-electron chi connectivity index (χ1n) is 9.57. The van der Waals surface area contributed by atoms with Crippen molar-refractivity contribution in [2.45, 2.75) is 31.8 Å². The van der Waals surface area contributed by atoms with Gasteiger partial charge in [-0.05, 0) is 30.5 Å². The molecular formula is C23H26ClN3O2. The summed E-state index contributed by atoms with van der Waals surface area (Å²) in [6.07, 6.45) is 3.88. The van der Waals surface area contributed by atoms with Gasteiger partial charge in [0.05, 0.1) is 24.4 Å². The van der Waals surface area contributed by atoms with Crippen molar-refractivity contribution in [2.24, 2.45) is 5.92 Å². The van der Waals surface area contributed by atoms with Gasteiger partial charge in [-0.2, -0.15) is 0 Å². The molecule has 0 aliphatic rings. The minimum atomic E-state index is -0.520. The van der Waals surface area contributed by atoms with Gasteiger partial charge < -0.3 is 14.6 Å². The van der Waals surface area contributed by atoms with Gasteiger partial charge in [0.1, 0.15) is 5.65 Å². The quantitative estimate of drug-likeness (QED) is 0.327. The van der Waals surface area contributed by atoms with Crippen molar-refractivity contribution < 1.29 is 9.53 Å². The maximum absolute atomic E-state index is 11.7. The van der Waals surface area contributed by atoms with Gasteiger partial charge in [0, 0.05) is 29.7 Å². The number of nitrogens with one attached hydrogen (secondary N) is 1. The third-order valence-corrected chi connectivity index (χ3v) is 5.88. The van der Waals surface area contributed by atoms with Crippen LogP contribution in [0.1, 0.15) is 19.4 Å². The fourth-order valence-corrected chi connectivity index (χ4v) is 3.58. The van der Waals surface area contributed by atoms with Crippen molar-refractivity contribution in [1.29, 1.82) is 0 Å². The summed E-state index contributed by atoms with van der Waals surface area (Å²) in [7, 11) is 1.33. The summed E-state index contributed by atoms with van der Waals surface area (Å²) in [4.78, 5) is 16.3. The number of rotatable bonds is 8. The molecule has 3 rings (SSSR count). The van der Waals surface area contributed by atoms with Crippen LogP contribution < -0.4 is 5.32 Å². The third kappa shape index (κ3) is 4.80. The molecular weight excluding hydrogens is 386 g/mol. The van der Waals surface area contributed by atoms with Crippen LogP contribution in [-0.2, 0) is 16.1 Å². The molecule has 1 N–H and O–H groups in total. The molecule has 5 nitrogen and oxygen atoms in total. The summed E-state index contributed by atoms with van der Waals surface area (Å²) in [5.41, 5.74) is 3.34. The molecule has 0 spiro atoms. The third-order valence-electron chi connectivity index (χ3n) is 5.22. The Hall–Kier alpha value is -2.79. The summed E-state index contributed by atoms with van der Waals surface area (Å²) in [6, 6.07) is 14.5. The number of halogens is 1. The minimum Gasteiger partial charge on any atom is -0.466 e. The molecule has 1 aromatic carbocycles. The van der Waals surface area contributed by atoms with Crippen molar-refractivity contribution in [3.8, 4) is 0 Å². The van der Waals surface area contributed by atoms with Gasteiger partial charge in [0.2, 0.25) is 0 Å². The van der Waals surface area contributed by atoms with E-state index in [1.807, 2.05) is 38.2 Å². The molecule has 2 heterocycles. The van der Waals surface area contributed by atoms with Crippen LogP contribution in [0.4, 0.5) is 5.69 Å². The molecule has 0 radical (unpaired) electrons. The Balaban J connectivity index is 1.70. The van der Waals surface area contributed by atoms with Crippen LogP contribution in [0.5, 0.6) is 0 Å². The van der Waals surface area contributed by atoms with E-state index in [1.165, 1.54) is 12.7 Å². The van der Waals surface area contributed by atoms with Crippen LogP contribution in [0.15, 0.2) is 67.0 Å². The fourth-order valence-electron chi connectivity index (χ4n) is 3.27. The summed E-state index contributed by atoms with van der Waals surface area (Å²) in [5.74, 6) is -0.520. The van der Waals surface area contributed by atoms with E-state index in [4.69, 9.17) is 16.3 Å². The van der Waals surface area contributed by atoms with E-state index in [-0.39, 0.29) is 17.5 Å². The number of aromatic nitrogens is 2. The number of alkyl halides is 1. The number of pyridine rings is 1. The number of fused-ring (bicyclic) bond motifs is 1. The minimum absolute atomic E-state index is 0.00422. The lowest BCUT2D eigenvalue weighted by molar-refractivity contribution is -0.136. The van der Waals surface area contributed by atoms with Gasteiger partial charge in [0.15, 0.2) is 0 Å². The number of nitrogens with zero attached hydrogens (tertiary/aromatic N) is 2. The Morgan fingerprint density at radius 1 is 1.28 bits per heavy atom. The normalized spacial score (nSPS) is 14.2. The second-order valence-corrected chi connectivity index (χ2v) is 7.75. The van der Waals surface area contributed by atoms with Crippen LogP contribution in [0, 0.1) is 5.92 Å². The number of hydrogen-bond donors (Lipinski definition) is 1. The van der Waals surface area contributed by atoms with E-state index in [0.717, 1.165) is 23.3 Å². The molecule has 0 fully saturated rings. The topological polar surface area (TPSA) is 56.1 Å². The lowest BCUT2D eigenvalue weighted by Crippen LogP contribution is -2.33. The predicted molar refractivity (Wildman–Crippen MR) is 118 cm³/mol. The highest BCUT2D eigenvalue weighted by atomic mass is 35.5. The highest BCUT2D eigenvalue weighted by Gasteiger charge is 2.27. The Morgan fingerprint density at radius 3 is 2.69 bits per heavy atom. The standard InChI is InChI=1S/C23H26ClN3O2/c1-15(21(24)16(2)23(28)29-4)17(3)26-20-12-19-10-11-27(22(19)25-13-20)14-18-8-6-5-7-9-18/h5-13,15,17,21,26H,2,14H2,1,3-4H3/t15-,17+,21?/m0/s1. The molecule has 152 valence electrons. The molecule has 3 aromatic rings. The molecule has 29 heavy (non-hydrogen) atoms. The van der Waals surface area contributed by atoms with Gasteiger partial charge in [-0.25, -0.2) is 9.78 Å². The zero-order valence-corrected chi connectivity index (χ0v) is 17.7. The van der Waals surface area contributed by atoms with Crippen molar-refractivity contribution >= 4 is 34.3 Å². The maximum atomic E-state index is 11.7. The van der Waals surface area contributed by atoms with Gasteiger partial charge >= 0.3 is 5.97 Å². The highest BCUT2D eigenvalue weighted by molar-refractivity contribution is 6.25. The first-order chi connectivity index (χ1) is 13.9. The number of benzene rings is 1. The summed E-state index contributed by atoms with van der Waals surface area (Å²) >= 11 is 6.43. The maximum Gasteiger partial charge on any atom is 0.334 e. The Morgan fingerprint density at radius 2 is 2.00 bits per heavy atom. The fraction of sp³-hybridized carbons (Fsp3) is 0.304. The zero-order chi connectivity index (χ0) is 21.0. The van der Waals surface area contributed by atoms with Crippen LogP contribution in [0.2, 0.25) is 0 Å². The first-order valence-corrected chi connectivity index (χ1v) is 10.0. The first kappa shape index (κ1) is 20.9. The van der Waals surface area contributed by atoms with Crippen molar-refractivity contribution in [3.63, 3.8) is 0 Å². The molecule has 3 atom stereocenters. The lowest BCUT2D eigenvalue weighted by Gasteiger charge is -2.26. The van der Waals surface area contributed by atoms with Crippen molar-refractivity contribution in [3.05, 3.63) is 72.6 Å². The number of anilines is 1. The summed E-state index contributed by atoms with van der Waals surface area (Å²) in [5, 5.41) is 3.98. The molecule has 6 heteroatoms. The van der Waals surface area contributed by atoms with Crippen LogP contribution in [-0.4, -0.2) is 34.0 Å². The number of carbonyl (C=O) groups excluding carboxylic acids is 1. The molecule has 0 saturated carbocycles. The van der Waals surface area contributed by atoms with E-state index >= 15 is 0 Å². The van der Waals surface area contributed by atoms with E-state index in [2.05, 4.69) is 51.9 Å². The molecule has 2 aromatic heterocycles. The second kappa shape index (κ2) is 9.14. The Bertz CT molecular complexity index is 1000. The smallest absolute Gasteiger partial charge is 0.334 e. The van der Waals surface area contributed by atoms with Gasteiger partial charge in [-0.1, -0.05) is 43.8 Å². The highest BCUT2D eigenvalue weighted by Crippen LogP contribution is 2.25. The summed E-state index contributed by atoms with van der Waals surface area (Å²) in [6.45, 7) is 8.54. The summed E-state index contributed by atoms with van der Waals surface area (Å²) < 4.78 is 6.85. The lowest BCUT2D eigenvalue weighted by atomic mass is 9.94. The average molecular weight is 412 g/mol. The zero-order valence-electron chi connectivity index (χ0n) is 16.9. The Kier molecular flexibility index (Phi) is 6.60. The predicted octanol–water partition coefficient (Wildman–Crippen LogP) is 4.86. The second-order valence-electron chi connectivity index (χ2n) is 7.28. The van der Waals surface area contributed by atoms with Crippen LogP contribution in [0.25, 0.3) is 11.0 Å². The number of methoxy groups -OCH3 is 1. The average Bonchev–Trinajstić information content (AvgIpc) is 3.14. The largest absolute Gasteiger partial charge is 0.466 e. The number of hydrogen-bond acceptors (Lipinski definition) is 4. The molecule has 1 unspecified atom stereocenters. The molecule has 0 amide bonds. The van der Waals surface area contributed by atoms with Gasteiger partial charge in [0.25, 0.3) is 0 Å². The van der Waals surface area contributed by atoms with E-state index < -0.39 is 11.3 Å². The van der Waals surface area contributed by atoms with E-state index in [9.17, 15) is 4.79 Å². The van der Waals surface area contributed by atoms with Crippen LogP contribution >= 0.6 is 11.6 Å². The number of ether oxygens (including phenoxy) is 1. The van der Waals surface area contributed by atoms with E-state index in [1.54, 1.807) is 0 Å². The number of carbonyl (C=O) groups is 1. The molecule has 0 saturated heterocycles. The molecule has 0 aliphatic heterocycles. The monoisotopic (exact) mass is 411 g/mol. The SMILES string of the molecule is C=C(C(=O)OC)C(Cl)[C@@H](C)[C@@H](C)Nc1cnc2c(ccn2Cc2ccccc2)c1. The Labute approximate surface area is 176 Å².